The second kappa shape index (κ2) is 6.38. The van der Waals surface area contributed by atoms with Crippen molar-refractivity contribution < 1.29 is 9.53 Å². The number of hydrogen-bond acceptors (Lipinski definition) is 3. The number of benzene rings is 2. The summed E-state index contributed by atoms with van der Waals surface area (Å²) in [4.78, 5) is 11.7. The van der Waals surface area contributed by atoms with Crippen molar-refractivity contribution in [2.45, 2.75) is 6.42 Å². The summed E-state index contributed by atoms with van der Waals surface area (Å²) in [6.45, 7) is 0. The highest BCUT2D eigenvalue weighted by Crippen LogP contribution is 2.13. The number of rotatable bonds is 4. The summed E-state index contributed by atoms with van der Waals surface area (Å²) in [6, 6.07) is 15.9. The second-order valence-corrected chi connectivity index (χ2v) is 4.23. The molecule has 1 amide bonds. The van der Waals surface area contributed by atoms with E-state index >= 15 is 0 Å². The average Bonchev–Trinajstić information content (AvgIpc) is 2.41. The van der Waals surface area contributed by atoms with Crippen LogP contribution < -0.4 is 15.8 Å². The van der Waals surface area contributed by atoms with Gasteiger partial charge in [-0.05, 0) is 29.8 Å². The zero-order valence-corrected chi connectivity index (χ0v) is 10.8. The van der Waals surface area contributed by atoms with E-state index in [4.69, 9.17) is 15.9 Å². The maximum absolute atomic E-state index is 11.7. The Morgan fingerprint density at radius 2 is 1.75 bits per heavy atom. The van der Waals surface area contributed by atoms with Crippen LogP contribution in [-0.2, 0) is 6.42 Å². The molecule has 20 heavy (non-hydrogen) atoms. The standard InChI is InChI=1S/C15H15N3O2/c16-14(17)10-11-6-8-12(9-7-11)18-15(19)20-13-4-2-1-3-5-13/h1-9H,10H2,(H3,16,17)(H,18,19). The SMILES string of the molecule is N=C(N)Cc1ccc(NC(=O)Oc2ccccc2)cc1. The van der Waals surface area contributed by atoms with E-state index in [-0.39, 0.29) is 5.84 Å². The first-order valence-electron chi connectivity index (χ1n) is 6.09. The molecule has 0 atom stereocenters. The Balaban J connectivity index is 1.93. The average molecular weight is 269 g/mol. The van der Waals surface area contributed by atoms with Gasteiger partial charge in [0.25, 0.3) is 0 Å². The number of carbonyl (C=O) groups excluding carboxylic acids is 1. The lowest BCUT2D eigenvalue weighted by molar-refractivity contribution is 0.215. The van der Waals surface area contributed by atoms with E-state index in [0.29, 0.717) is 17.9 Å². The van der Waals surface area contributed by atoms with E-state index in [9.17, 15) is 4.79 Å². The van der Waals surface area contributed by atoms with Crippen LogP contribution in [0.25, 0.3) is 0 Å². The van der Waals surface area contributed by atoms with Crippen molar-refractivity contribution >= 4 is 17.6 Å². The third-order valence-electron chi connectivity index (χ3n) is 2.55. The van der Waals surface area contributed by atoms with Crippen LogP contribution in [0.4, 0.5) is 10.5 Å². The number of para-hydroxylation sites is 1. The van der Waals surface area contributed by atoms with Crippen molar-refractivity contribution in [2.75, 3.05) is 5.32 Å². The van der Waals surface area contributed by atoms with E-state index in [0.717, 1.165) is 5.56 Å². The number of hydrogen-bond donors (Lipinski definition) is 3. The third kappa shape index (κ3) is 4.13. The lowest BCUT2D eigenvalue weighted by atomic mass is 10.1. The number of ether oxygens (including phenoxy) is 1. The van der Waals surface area contributed by atoms with Crippen LogP contribution in [0.5, 0.6) is 5.75 Å². The molecule has 0 aromatic heterocycles. The van der Waals surface area contributed by atoms with Gasteiger partial charge in [-0.2, -0.15) is 0 Å². The summed E-state index contributed by atoms with van der Waals surface area (Å²) in [7, 11) is 0. The first kappa shape index (κ1) is 13.6. The van der Waals surface area contributed by atoms with Crippen LogP contribution in [0.1, 0.15) is 5.56 Å². The normalized spacial score (nSPS) is 9.80. The van der Waals surface area contributed by atoms with E-state index < -0.39 is 6.09 Å². The first-order valence-corrected chi connectivity index (χ1v) is 6.09. The molecular formula is C15H15N3O2. The van der Waals surface area contributed by atoms with Crippen molar-refractivity contribution in [3.05, 3.63) is 60.2 Å². The predicted molar refractivity (Wildman–Crippen MR) is 78.1 cm³/mol. The zero-order valence-electron chi connectivity index (χ0n) is 10.8. The minimum absolute atomic E-state index is 0.106. The molecule has 0 fully saturated rings. The molecule has 0 unspecified atom stereocenters. The van der Waals surface area contributed by atoms with Crippen molar-refractivity contribution in [2.24, 2.45) is 5.73 Å². The predicted octanol–water partition coefficient (Wildman–Crippen LogP) is 2.78. The molecule has 102 valence electrons. The fourth-order valence-electron chi connectivity index (χ4n) is 1.66. The fourth-order valence-corrected chi connectivity index (χ4v) is 1.66. The minimum atomic E-state index is -0.546. The van der Waals surface area contributed by atoms with E-state index in [1.807, 2.05) is 6.07 Å². The lowest BCUT2D eigenvalue weighted by Crippen LogP contribution is -2.16. The van der Waals surface area contributed by atoms with Crippen molar-refractivity contribution in [1.29, 1.82) is 5.41 Å². The molecule has 0 spiro atoms. The smallest absolute Gasteiger partial charge is 0.410 e. The van der Waals surface area contributed by atoms with Gasteiger partial charge in [0.2, 0.25) is 0 Å². The fraction of sp³-hybridized carbons (Fsp3) is 0.0667. The van der Waals surface area contributed by atoms with Gasteiger partial charge in [-0.15, -0.1) is 0 Å². The lowest BCUT2D eigenvalue weighted by Gasteiger charge is -2.07. The largest absolute Gasteiger partial charge is 0.417 e. The highest BCUT2D eigenvalue weighted by Gasteiger charge is 2.04. The molecular weight excluding hydrogens is 254 g/mol. The van der Waals surface area contributed by atoms with Gasteiger partial charge in [-0.25, -0.2) is 4.79 Å². The zero-order chi connectivity index (χ0) is 14.4. The van der Waals surface area contributed by atoms with Gasteiger partial charge in [0.05, 0.1) is 5.84 Å². The monoisotopic (exact) mass is 269 g/mol. The molecule has 0 bridgehead atoms. The minimum Gasteiger partial charge on any atom is -0.410 e. The Kier molecular flexibility index (Phi) is 4.34. The van der Waals surface area contributed by atoms with Gasteiger partial charge >= 0.3 is 6.09 Å². The molecule has 0 radical (unpaired) electrons. The highest BCUT2D eigenvalue weighted by molar-refractivity contribution is 5.86. The number of nitrogens with one attached hydrogen (secondary N) is 2. The number of amides is 1. The number of carbonyl (C=O) groups is 1. The Hall–Kier alpha value is -2.82. The molecule has 0 saturated carbocycles. The van der Waals surface area contributed by atoms with Crippen molar-refractivity contribution in [3.8, 4) is 5.75 Å². The maximum Gasteiger partial charge on any atom is 0.417 e. The summed E-state index contributed by atoms with van der Waals surface area (Å²) in [6.07, 6.45) is -0.148. The Morgan fingerprint density at radius 1 is 1.10 bits per heavy atom. The van der Waals surface area contributed by atoms with Crippen molar-refractivity contribution in [1.82, 2.24) is 0 Å². The molecule has 0 aliphatic rings. The highest BCUT2D eigenvalue weighted by atomic mass is 16.6. The van der Waals surface area contributed by atoms with Crippen LogP contribution in [0.15, 0.2) is 54.6 Å². The van der Waals surface area contributed by atoms with Crippen LogP contribution in [0.3, 0.4) is 0 Å². The second-order valence-electron chi connectivity index (χ2n) is 4.23. The van der Waals surface area contributed by atoms with Crippen LogP contribution >= 0.6 is 0 Å². The molecule has 0 aliphatic heterocycles. The molecule has 5 heteroatoms. The van der Waals surface area contributed by atoms with Crippen molar-refractivity contribution in [3.63, 3.8) is 0 Å². The third-order valence-corrected chi connectivity index (χ3v) is 2.55. The van der Waals surface area contributed by atoms with Gasteiger partial charge in [-0.3, -0.25) is 10.7 Å². The molecule has 4 N–H and O–H groups in total. The maximum atomic E-state index is 11.7. The number of nitrogens with two attached hydrogens (primary N) is 1. The number of amidine groups is 1. The Labute approximate surface area is 116 Å². The van der Waals surface area contributed by atoms with E-state index in [1.54, 1.807) is 48.5 Å². The van der Waals surface area contributed by atoms with E-state index in [1.165, 1.54) is 0 Å². The molecule has 2 aromatic rings. The molecule has 0 saturated heterocycles. The topological polar surface area (TPSA) is 88.2 Å². The van der Waals surface area contributed by atoms with Gasteiger partial charge in [0.15, 0.2) is 0 Å². The van der Waals surface area contributed by atoms with Crippen LogP contribution in [-0.4, -0.2) is 11.9 Å². The summed E-state index contributed by atoms with van der Waals surface area (Å²) in [5.41, 5.74) is 6.86. The summed E-state index contributed by atoms with van der Waals surface area (Å²) < 4.78 is 5.11. The van der Waals surface area contributed by atoms with E-state index in [2.05, 4.69) is 5.32 Å². The molecule has 2 aromatic carbocycles. The van der Waals surface area contributed by atoms with Gasteiger partial charge < -0.3 is 10.5 Å². The first-order chi connectivity index (χ1) is 9.63. The summed E-state index contributed by atoms with van der Waals surface area (Å²) in [5.74, 6) is 0.590. The van der Waals surface area contributed by atoms with Crippen LogP contribution in [0.2, 0.25) is 0 Å². The van der Waals surface area contributed by atoms with Gasteiger partial charge in [0, 0.05) is 12.1 Å². The number of anilines is 1. The summed E-state index contributed by atoms with van der Waals surface area (Å²) in [5, 5.41) is 9.84. The van der Waals surface area contributed by atoms with Gasteiger partial charge in [0.1, 0.15) is 5.75 Å². The van der Waals surface area contributed by atoms with Gasteiger partial charge in [-0.1, -0.05) is 30.3 Å². The molecule has 2 rings (SSSR count). The Bertz CT molecular complexity index is 594. The Morgan fingerprint density at radius 3 is 2.35 bits per heavy atom. The molecule has 0 heterocycles. The quantitative estimate of drug-likeness (QED) is 0.589. The molecule has 5 nitrogen and oxygen atoms in total. The molecule has 0 aliphatic carbocycles. The van der Waals surface area contributed by atoms with Crippen LogP contribution in [0, 0.1) is 5.41 Å². The summed E-state index contributed by atoms with van der Waals surface area (Å²) >= 11 is 0.